The van der Waals surface area contributed by atoms with E-state index < -0.39 is 0 Å². The number of fused-ring (bicyclic) bond motifs is 5. The Bertz CT molecular complexity index is 1410. The summed E-state index contributed by atoms with van der Waals surface area (Å²) in [6, 6.07) is 26.8. The Morgan fingerprint density at radius 2 is 1.44 bits per heavy atom. The van der Waals surface area contributed by atoms with Crippen molar-refractivity contribution in [2.75, 3.05) is 6.61 Å². The molecule has 4 aromatic carbocycles. The molecule has 0 saturated carbocycles. The first-order chi connectivity index (χ1) is 16.6. The fourth-order valence-corrected chi connectivity index (χ4v) is 5.22. The van der Waals surface area contributed by atoms with Gasteiger partial charge in [-0.3, -0.25) is 0 Å². The van der Waals surface area contributed by atoms with E-state index in [2.05, 4.69) is 98.3 Å². The highest BCUT2D eigenvalue weighted by molar-refractivity contribution is 5.98. The second-order valence-corrected chi connectivity index (χ2v) is 9.05. The molecule has 0 N–H and O–H groups in total. The molecular formula is C33H28O. The van der Waals surface area contributed by atoms with Gasteiger partial charge in [-0.25, -0.2) is 0 Å². The molecule has 0 saturated heterocycles. The Morgan fingerprint density at radius 3 is 1.94 bits per heavy atom. The maximum absolute atomic E-state index is 5.74. The van der Waals surface area contributed by atoms with Crippen LogP contribution in [0.25, 0.3) is 32.7 Å². The molecule has 1 aliphatic carbocycles. The molecule has 0 unspecified atom stereocenters. The fraction of sp³-hybridized carbons (Fsp3) is 0.152. The summed E-state index contributed by atoms with van der Waals surface area (Å²) in [5.74, 6) is 3.34. The first-order valence-corrected chi connectivity index (χ1v) is 11.8. The van der Waals surface area contributed by atoms with Crippen molar-refractivity contribution in [3.05, 3.63) is 121 Å². The number of rotatable bonds is 7. The molecule has 1 aliphatic rings. The predicted molar refractivity (Wildman–Crippen MR) is 145 cm³/mol. The third-order valence-corrected chi connectivity index (χ3v) is 6.96. The van der Waals surface area contributed by atoms with Gasteiger partial charge in [0, 0.05) is 5.41 Å². The normalized spacial score (nSPS) is 14.2. The molecule has 0 fully saturated rings. The molecule has 5 rings (SSSR count). The Morgan fingerprint density at radius 1 is 0.912 bits per heavy atom. The zero-order valence-corrected chi connectivity index (χ0v) is 19.6. The van der Waals surface area contributed by atoms with Crippen molar-refractivity contribution >= 4 is 21.5 Å². The Hall–Kier alpha value is -4.02. The molecule has 0 aliphatic heterocycles. The van der Waals surface area contributed by atoms with Crippen LogP contribution >= 0.6 is 0 Å². The zero-order chi connectivity index (χ0) is 23.5. The highest BCUT2D eigenvalue weighted by atomic mass is 16.5. The molecule has 0 spiro atoms. The van der Waals surface area contributed by atoms with Crippen molar-refractivity contribution in [2.24, 2.45) is 0 Å². The first-order valence-electron chi connectivity index (χ1n) is 11.8. The minimum absolute atomic E-state index is 0.103. The van der Waals surface area contributed by atoms with E-state index in [0.29, 0.717) is 0 Å². The summed E-state index contributed by atoms with van der Waals surface area (Å²) in [5.41, 5.74) is 5.40. The summed E-state index contributed by atoms with van der Waals surface area (Å²) in [6.45, 7) is 6.40. The molecule has 1 heteroatoms. The number of ether oxygens (including phenoxy) is 1. The van der Waals surface area contributed by atoms with Gasteiger partial charge in [0.05, 0.1) is 0 Å². The largest absolute Gasteiger partial charge is 0.481 e. The Kier molecular flexibility index (Phi) is 5.83. The van der Waals surface area contributed by atoms with E-state index in [4.69, 9.17) is 11.2 Å². The molecule has 0 amide bonds. The highest BCUT2D eigenvalue weighted by Crippen LogP contribution is 2.53. The summed E-state index contributed by atoms with van der Waals surface area (Å²) < 4.78 is 5.74. The summed E-state index contributed by atoms with van der Waals surface area (Å²) >= 11 is 0. The molecule has 0 bridgehead atoms. The van der Waals surface area contributed by atoms with Crippen LogP contribution in [0.1, 0.15) is 30.9 Å². The minimum Gasteiger partial charge on any atom is -0.481 e. The van der Waals surface area contributed by atoms with Crippen molar-refractivity contribution in [2.45, 2.75) is 25.2 Å². The van der Waals surface area contributed by atoms with Gasteiger partial charge in [0.25, 0.3) is 0 Å². The van der Waals surface area contributed by atoms with Gasteiger partial charge in [-0.1, -0.05) is 80.1 Å². The number of allylic oxidation sites excluding steroid dienone is 4. The number of hydrogen-bond acceptors (Lipinski definition) is 1. The van der Waals surface area contributed by atoms with Gasteiger partial charge in [-0.15, -0.1) is 6.42 Å². The van der Waals surface area contributed by atoms with Crippen LogP contribution in [0.2, 0.25) is 0 Å². The minimum atomic E-state index is -0.103. The number of benzene rings is 4. The second kappa shape index (κ2) is 9.08. The van der Waals surface area contributed by atoms with Crippen LogP contribution in [-0.2, 0) is 10.2 Å². The first kappa shape index (κ1) is 21.8. The smallest absolute Gasteiger partial charge is 0.148 e. The van der Waals surface area contributed by atoms with Crippen LogP contribution in [0, 0.1) is 12.3 Å². The SMILES string of the molecule is C#CCOC(/C=C\C=C)=C/CCC1(C)c2cc3ccccc3cc2-c2cc3ccccc3cc21. The van der Waals surface area contributed by atoms with E-state index in [-0.39, 0.29) is 12.0 Å². The van der Waals surface area contributed by atoms with Crippen LogP contribution in [0.3, 0.4) is 0 Å². The number of hydrogen-bond donors (Lipinski definition) is 0. The maximum Gasteiger partial charge on any atom is 0.148 e. The molecular weight excluding hydrogens is 412 g/mol. The molecule has 166 valence electrons. The second-order valence-electron chi connectivity index (χ2n) is 9.05. The van der Waals surface area contributed by atoms with Crippen LogP contribution < -0.4 is 0 Å². The van der Waals surface area contributed by atoms with E-state index in [9.17, 15) is 0 Å². The van der Waals surface area contributed by atoms with E-state index in [1.54, 1.807) is 6.08 Å². The van der Waals surface area contributed by atoms with Crippen LogP contribution in [0.5, 0.6) is 0 Å². The average Bonchev–Trinajstić information content (AvgIpc) is 3.09. The van der Waals surface area contributed by atoms with Gasteiger partial charge >= 0.3 is 0 Å². The zero-order valence-electron chi connectivity index (χ0n) is 19.6. The van der Waals surface area contributed by atoms with Crippen LogP contribution in [-0.4, -0.2) is 6.61 Å². The van der Waals surface area contributed by atoms with Crippen LogP contribution in [0.4, 0.5) is 0 Å². The van der Waals surface area contributed by atoms with E-state index >= 15 is 0 Å². The standard InChI is InChI=1S/C33H28O/c1-4-6-16-28(34-19-5-2)17-11-18-33(3)31-22-26-14-9-7-12-24(26)20-29(31)30-21-25-13-8-10-15-27(25)23-32(30)33/h2,4,6-10,12-17,20-23H,1,11,18-19H2,3H3/b16-6-,28-17+. The quantitative estimate of drug-likeness (QED) is 0.159. The lowest BCUT2D eigenvalue weighted by Gasteiger charge is -2.27. The lowest BCUT2D eigenvalue weighted by molar-refractivity contribution is 0.266. The summed E-state index contributed by atoms with van der Waals surface area (Å²) in [6.07, 6.45) is 14.9. The Labute approximate surface area is 202 Å². The van der Waals surface area contributed by atoms with Crippen molar-refractivity contribution in [1.29, 1.82) is 0 Å². The molecule has 0 aromatic heterocycles. The monoisotopic (exact) mass is 440 g/mol. The highest BCUT2D eigenvalue weighted by Gasteiger charge is 2.39. The van der Waals surface area contributed by atoms with E-state index in [1.165, 1.54) is 43.8 Å². The Balaban J connectivity index is 1.61. The van der Waals surface area contributed by atoms with Gasteiger partial charge in [-0.2, -0.15) is 0 Å². The van der Waals surface area contributed by atoms with Crippen molar-refractivity contribution in [3.63, 3.8) is 0 Å². The topological polar surface area (TPSA) is 9.23 Å². The van der Waals surface area contributed by atoms with Gasteiger partial charge in [0.15, 0.2) is 0 Å². The molecule has 0 radical (unpaired) electrons. The summed E-state index contributed by atoms with van der Waals surface area (Å²) in [4.78, 5) is 0. The number of terminal acetylenes is 1. The lowest BCUT2D eigenvalue weighted by atomic mass is 9.75. The third-order valence-electron chi connectivity index (χ3n) is 6.96. The fourth-order valence-electron chi connectivity index (χ4n) is 5.22. The summed E-state index contributed by atoms with van der Waals surface area (Å²) in [7, 11) is 0. The molecule has 0 atom stereocenters. The molecule has 1 nitrogen and oxygen atoms in total. The maximum atomic E-state index is 5.74. The van der Waals surface area contributed by atoms with Gasteiger partial charge in [0.2, 0.25) is 0 Å². The van der Waals surface area contributed by atoms with Gasteiger partial charge < -0.3 is 4.74 Å². The van der Waals surface area contributed by atoms with Crippen molar-refractivity contribution < 1.29 is 4.74 Å². The average molecular weight is 441 g/mol. The lowest BCUT2D eigenvalue weighted by Crippen LogP contribution is -2.20. The van der Waals surface area contributed by atoms with E-state index in [1.807, 2.05) is 12.2 Å². The molecule has 34 heavy (non-hydrogen) atoms. The molecule has 4 aromatic rings. The van der Waals surface area contributed by atoms with Crippen molar-refractivity contribution in [3.8, 4) is 23.5 Å². The third kappa shape index (κ3) is 3.82. The van der Waals surface area contributed by atoms with Crippen molar-refractivity contribution in [1.82, 2.24) is 0 Å². The summed E-state index contributed by atoms with van der Waals surface area (Å²) in [5, 5.41) is 5.13. The predicted octanol–water partition coefficient (Wildman–Crippen LogP) is 8.34. The van der Waals surface area contributed by atoms with Crippen LogP contribution in [0.15, 0.2) is 109 Å². The van der Waals surface area contributed by atoms with E-state index in [0.717, 1.165) is 18.6 Å². The van der Waals surface area contributed by atoms with Gasteiger partial charge in [-0.05, 0) is 93.1 Å². The molecule has 0 heterocycles. The van der Waals surface area contributed by atoms with Gasteiger partial charge in [0.1, 0.15) is 12.4 Å².